The Balaban J connectivity index is 2.15. The van der Waals surface area contributed by atoms with Crippen LogP contribution in [0.3, 0.4) is 0 Å². The van der Waals surface area contributed by atoms with Crippen LogP contribution < -0.4 is 0 Å². The summed E-state index contributed by atoms with van der Waals surface area (Å²) >= 11 is 1.76. The van der Waals surface area contributed by atoms with E-state index in [2.05, 4.69) is 6.92 Å². The molecule has 4 heteroatoms. The summed E-state index contributed by atoms with van der Waals surface area (Å²) in [4.78, 5) is 15.7. The molecule has 1 aromatic carbocycles. The number of rotatable bonds is 4. The van der Waals surface area contributed by atoms with Crippen LogP contribution >= 0.6 is 11.8 Å². The molecule has 0 spiro atoms. The van der Waals surface area contributed by atoms with Crippen LogP contribution in [0.1, 0.15) is 37.6 Å². The molecule has 110 valence electrons. The first-order chi connectivity index (χ1) is 9.61. The van der Waals surface area contributed by atoms with Crippen molar-refractivity contribution in [1.82, 2.24) is 4.90 Å². The highest BCUT2D eigenvalue weighted by molar-refractivity contribution is 7.99. The van der Waals surface area contributed by atoms with Crippen molar-refractivity contribution in [2.45, 2.75) is 44.3 Å². The van der Waals surface area contributed by atoms with Crippen molar-refractivity contribution in [3.63, 3.8) is 0 Å². The van der Waals surface area contributed by atoms with E-state index in [1.54, 1.807) is 11.8 Å². The SMILES string of the molecule is CCCSc1ccccc1C(=O)N1C[C@@H](C)O[C@H](C)C1. The van der Waals surface area contributed by atoms with Crippen molar-refractivity contribution in [2.24, 2.45) is 0 Å². The lowest BCUT2D eigenvalue weighted by atomic mass is 10.1. The molecule has 0 bridgehead atoms. The van der Waals surface area contributed by atoms with E-state index < -0.39 is 0 Å². The van der Waals surface area contributed by atoms with Gasteiger partial charge < -0.3 is 9.64 Å². The quantitative estimate of drug-likeness (QED) is 0.797. The lowest BCUT2D eigenvalue weighted by Gasteiger charge is -2.35. The van der Waals surface area contributed by atoms with E-state index in [0.717, 1.165) is 22.6 Å². The van der Waals surface area contributed by atoms with Crippen LogP contribution in [-0.2, 0) is 4.74 Å². The molecule has 3 nitrogen and oxygen atoms in total. The number of carbonyl (C=O) groups excluding carboxylic acids is 1. The van der Waals surface area contributed by atoms with Gasteiger partial charge in [0.1, 0.15) is 0 Å². The molecule has 1 aliphatic rings. The largest absolute Gasteiger partial charge is 0.372 e. The van der Waals surface area contributed by atoms with Gasteiger partial charge in [-0.1, -0.05) is 19.1 Å². The molecule has 1 aliphatic heterocycles. The van der Waals surface area contributed by atoms with Gasteiger partial charge in [0.2, 0.25) is 0 Å². The van der Waals surface area contributed by atoms with Crippen molar-refractivity contribution in [3.8, 4) is 0 Å². The predicted octanol–water partition coefficient (Wildman–Crippen LogP) is 3.44. The monoisotopic (exact) mass is 293 g/mol. The molecule has 20 heavy (non-hydrogen) atoms. The van der Waals surface area contributed by atoms with Crippen LogP contribution in [0.15, 0.2) is 29.2 Å². The summed E-state index contributed by atoms with van der Waals surface area (Å²) in [6.45, 7) is 7.55. The van der Waals surface area contributed by atoms with E-state index in [1.165, 1.54) is 0 Å². The third kappa shape index (κ3) is 3.76. The number of carbonyl (C=O) groups is 1. The number of morpholine rings is 1. The normalized spacial score (nSPS) is 22.9. The fraction of sp³-hybridized carbons (Fsp3) is 0.562. The summed E-state index contributed by atoms with van der Waals surface area (Å²) < 4.78 is 5.70. The summed E-state index contributed by atoms with van der Waals surface area (Å²) in [6, 6.07) is 7.92. The van der Waals surface area contributed by atoms with Crippen molar-refractivity contribution in [2.75, 3.05) is 18.8 Å². The van der Waals surface area contributed by atoms with E-state index in [-0.39, 0.29) is 18.1 Å². The standard InChI is InChI=1S/C16H23NO2S/c1-4-9-20-15-8-6-5-7-14(15)16(18)17-10-12(2)19-13(3)11-17/h5-8,12-13H,4,9-11H2,1-3H3/t12-,13-/m1/s1. The van der Waals surface area contributed by atoms with Gasteiger partial charge in [0, 0.05) is 18.0 Å². The van der Waals surface area contributed by atoms with Crippen LogP contribution in [0.5, 0.6) is 0 Å². The maximum atomic E-state index is 12.7. The Kier molecular flexibility index (Phi) is 5.49. The Morgan fingerprint density at radius 3 is 2.60 bits per heavy atom. The van der Waals surface area contributed by atoms with Crippen LogP contribution in [-0.4, -0.2) is 41.9 Å². The average molecular weight is 293 g/mol. The molecule has 1 fully saturated rings. The molecule has 1 saturated heterocycles. The maximum Gasteiger partial charge on any atom is 0.255 e. The minimum atomic E-state index is 0.109. The van der Waals surface area contributed by atoms with Crippen LogP contribution in [0, 0.1) is 0 Å². The minimum Gasteiger partial charge on any atom is -0.372 e. The molecular weight excluding hydrogens is 270 g/mol. The van der Waals surface area contributed by atoms with Gasteiger partial charge in [-0.25, -0.2) is 0 Å². The summed E-state index contributed by atoms with van der Waals surface area (Å²) in [6.07, 6.45) is 1.33. The third-order valence-electron chi connectivity index (χ3n) is 3.29. The van der Waals surface area contributed by atoms with Crippen molar-refractivity contribution >= 4 is 17.7 Å². The summed E-state index contributed by atoms with van der Waals surface area (Å²) in [5.41, 5.74) is 0.826. The zero-order chi connectivity index (χ0) is 14.5. The van der Waals surface area contributed by atoms with Gasteiger partial charge in [0.25, 0.3) is 5.91 Å². The number of ether oxygens (including phenoxy) is 1. The first kappa shape index (κ1) is 15.4. The van der Waals surface area contributed by atoms with E-state index in [4.69, 9.17) is 4.74 Å². The summed E-state index contributed by atoms with van der Waals surface area (Å²) in [5, 5.41) is 0. The lowest BCUT2D eigenvalue weighted by Crippen LogP contribution is -2.48. The fourth-order valence-corrected chi connectivity index (χ4v) is 3.40. The highest BCUT2D eigenvalue weighted by Crippen LogP contribution is 2.25. The molecule has 0 saturated carbocycles. The van der Waals surface area contributed by atoms with Gasteiger partial charge in [0.15, 0.2) is 0 Å². The first-order valence-electron chi connectivity index (χ1n) is 7.28. The smallest absolute Gasteiger partial charge is 0.255 e. The summed E-state index contributed by atoms with van der Waals surface area (Å²) in [7, 11) is 0. The zero-order valence-corrected chi connectivity index (χ0v) is 13.3. The molecule has 1 heterocycles. The molecule has 0 N–H and O–H groups in total. The van der Waals surface area contributed by atoms with Gasteiger partial charge in [-0.15, -0.1) is 11.8 Å². The van der Waals surface area contributed by atoms with Gasteiger partial charge in [-0.3, -0.25) is 4.79 Å². The zero-order valence-electron chi connectivity index (χ0n) is 12.5. The molecule has 1 aromatic rings. The Hall–Kier alpha value is -1.00. The number of nitrogens with zero attached hydrogens (tertiary/aromatic N) is 1. The molecular formula is C16H23NO2S. The molecule has 0 aromatic heterocycles. The molecule has 1 amide bonds. The van der Waals surface area contributed by atoms with Crippen molar-refractivity contribution in [3.05, 3.63) is 29.8 Å². The highest BCUT2D eigenvalue weighted by atomic mass is 32.2. The molecule has 0 radical (unpaired) electrons. The second-order valence-electron chi connectivity index (χ2n) is 5.31. The molecule has 2 rings (SSSR count). The third-order valence-corrected chi connectivity index (χ3v) is 4.57. The van der Waals surface area contributed by atoms with Gasteiger partial charge in [-0.2, -0.15) is 0 Å². The first-order valence-corrected chi connectivity index (χ1v) is 8.27. The minimum absolute atomic E-state index is 0.109. The van der Waals surface area contributed by atoms with E-state index in [0.29, 0.717) is 13.1 Å². The number of hydrogen-bond donors (Lipinski definition) is 0. The van der Waals surface area contributed by atoms with Crippen LogP contribution in [0.25, 0.3) is 0 Å². The number of thioether (sulfide) groups is 1. The van der Waals surface area contributed by atoms with Crippen molar-refractivity contribution in [1.29, 1.82) is 0 Å². The van der Waals surface area contributed by atoms with Crippen LogP contribution in [0.2, 0.25) is 0 Å². The summed E-state index contributed by atoms with van der Waals surface area (Å²) in [5.74, 6) is 1.17. The highest BCUT2D eigenvalue weighted by Gasteiger charge is 2.27. The second kappa shape index (κ2) is 7.14. The maximum absolute atomic E-state index is 12.7. The second-order valence-corrected chi connectivity index (χ2v) is 6.45. The van der Waals surface area contributed by atoms with Gasteiger partial charge >= 0.3 is 0 Å². The Morgan fingerprint density at radius 2 is 1.95 bits per heavy atom. The van der Waals surface area contributed by atoms with E-state index in [1.807, 2.05) is 43.0 Å². The Labute approximate surface area is 125 Å². The average Bonchev–Trinajstić information content (AvgIpc) is 2.43. The number of amides is 1. The number of benzene rings is 1. The van der Waals surface area contributed by atoms with Gasteiger partial charge in [-0.05, 0) is 38.2 Å². The predicted molar refractivity (Wildman–Crippen MR) is 83.4 cm³/mol. The van der Waals surface area contributed by atoms with E-state index in [9.17, 15) is 4.79 Å². The molecule has 2 atom stereocenters. The molecule has 0 aliphatic carbocycles. The number of hydrogen-bond acceptors (Lipinski definition) is 3. The van der Waals surface area contributed by atoms with E-state index >= 15 is 0 Å². The Morgan fingerprint density at radius 1 is 1.30 bits per heavy atom. The Bertz CT molecular complexity index is 454. The lowest BCUT2D eigenvalue weighted by molar-refractivity contribution is -0.0586. The van der Waals surface area contributed by atoms with Crippen molar-refractivity contribution < 1.29 is 9.53 Å². The van der Waals surface area contributed by atoms with Crippen LogP contribution in [0.4, 0.5) is 0 Å². The van der Waals surface area contributed by atoms with Gasteiger partial charge in [0.05, 0.1) is 17.8 Å². The molecule has 0 unspecified atom stereocenters. The fourth-order valence-electron chi connectivity index (χ4n) is 2.50. The topological polar surface area (TPSA) is 29.5 Å².